The number of carbonyl (C=O) groups is 2. The van der Waals surface area contributed by atoms with Crippen molar-refractivity contribution in [2.75, 3.05) is 5.73 Å². The molecule has 5 nitrogen and oxygen atoms in total. The molecule has 110 valence electrons. The maximum Gasteiger partial charge on any atom is 0.338 e. The van der Waals surface area contributed by atoms with Crippen molar-refractivity contribution < 1.29 is 14.7 Å². The van der Waals surface area contributed by atoms with Crippen LogP contribution in [0.25, 0.3) is 0 Å². The minimum absolute atomic E-state index is 0.0681. The molecule has 2 aliphatic carbocycles. The maximum absolute atomic E-state index is 12.9. The quantitative estimate of drug-likeness (QED) is 0.890. The number of anilines is 1. The number of rotatable bonds is 4. The predicted octanol–water partition coefficient (Wildman–Crippen LogP) is 2.86. The molecule has 1 atom stereocenters. The van der Waals surface area contributed by atoms with Gasteiger partial charge in [0, 0.05) is 11.8 Å². The number of aromatic carboxylic acids is 1. The summed E-state index contributed by atoms with van der Waals surface area (Å²) >= 11 is 1.07. The van der Waals surface area contributed by atoms with E-state index in [9.17, 15) is 14.7 Å². The SMILES string of the molecule is N#CCC1(CC2CC2)CCc2c(sc(N)c2C(=O)O)C1=O. The number of hydrogen-bond acceptors (Lipinski definition) is 5. The van der Waals surface area contributed by atoms with Crippen molar-refractivity contribution in [1.82, 2.24) is 0 Å². The highest BCUT2D eigenvalue weighted by Gasteiger charge is 2.47. The Morgan fingerprint density at radius 2 is 2.24 bits per heavy atom. The first kappa shape index (κ1) is 14.1. The Bertz CT molecular complexity index is 669. The fourth-order valence-corrected chi connectivity index (χ4v) is 4.49. The molecule has 1 fully saturated rings. The molecule has 0 amide bonds. The van der Waals surface area contributed by atoms with Crippen LogP contribution in [0, 0.1) is 22.7 Å². The van der Waals surface area contributed by atoms with Crippen LogP contribution in [0.2, 0.25) is 0 Å². The van der Waals surface area contributed by atoms with Crippen LogP contribution in [0.3, 0.4) is 0 Å². The molecule has 1 aromatic heterocycles. The van der Waals surface area contributed by atoms with Gasteiger partial charge >= 0.3 is 5.97 Å². The van der Waals surface area contributed by atoms with E-state index in [4.69, 9.17) is 11.0 Å². The topological polar surface area (TPSA) is 104 Å². The van der Waals surface area contributed by atoms with Crippen molar-refractivity contribution in [3.05, 3.63) is 16.0 Å². The van der Waals surface area contributed by atoms with E-state index in [2.05, 4.69) is 6.07 Å². The summed E-state index contributed by atoms with van der Waals surface area (Å²) in [6.07, 6.45) is 4.28. The number of nitrogens with zero attached hydrogens (tertiary/aromatic N) is 1. The molecule has 1 aromatic rings. The highest BCUT2D eigenvalue weighted by Crippen LogP contribution is 2.51. The molecule has 0 bridgehead atoms. The van der Waals surface area contributed by atoms with E-state index in [-0.39, 0.29) is 22.8 Å². The molecule has 6 heteroatoms. The summed E-state index contributed by atoms with van der Waals surface area (Å²) in [4.78, 5) is 24.7. The van der Waals surface area contributed by atoms with Crippen LogP contribution in [0.15, 0.2) is 0 Å². The van der Waals surface area contributed by atoms with Gasteiger partial charge in [0.2, 0.25) is 0 Å². The third-order valence-corrected chi connectivity index (χ3v) is 5.64. The van der Waals surface area contributed by atoms with Crippen LogP contribution < -0.4 is 5.73 Å². The lowest BCUT2D eigenvalue weighted by atomic mass is 9.68. The van der Waals surface area contributed by atoms with Crippen LogP contribution in [0.4, 0.5) is 5.00 Å². The standard InChI is InChI=1S/C15H16N2O3S/c16-6-5-15(7-8-1-2-8)4-3-9-10(14(19)20)13(17)21-11(9)12(15)18/h8H,1-5,7,17H2,(H,19,20). The molecule has 1 unspecified atom stereocenters. The fraction of sp³-hybridized carbons (Fsp3) is 0.533. The zero-order valence-corrected chi connectivity index (χ0v) is 12.3. The van der Waals surface area contributed by atoms with Crippen LogP contribution >= 0.6 is 11.3 Å². The fourth-order valence-electron chi connectivity index (χ4n) is 3.32. The summed E-state index contributed by atoms with van der Waals surface area (Å²) in [6, 6.07) is 2.15. The monoisotopic (exact) mass is 304 g/mol. The molecule has 0 aromatic carbocycles. The number of carboxylic acid groups (broad SMARTS) is 1. The molecule has 3 N–H and O–H groups in total. The first-order valence-electron chi connectivity index (χ1n) is 7.04. The number of hydrogen-bond donors (Lipinski definition) is 2. The summed E-state index contributed by atoms with van der Waals surface area (Å²) in [5.74, 6) is -0.603. The van der Waals surface area contributed by atoms with Gasteiger partial charge in [-0.1, -0.05) is 12.8 Å². The van der Waals surface area contributed by atoms with Crippen LogP contribution in [-0.2, 0) is 6.42 Å². The van der Waals surface area contributed by atoms with Crippen molar-refractivity contribution in [3.8, 4) is 6.07 Å². The van der Waals surface area contributed by atoms with Gasteiger partial charge in [-0.25, -0.2) is 4.79 Å². The Hall–Kier alpha value is -1.87. The number of nitrogens with two attached hydrogens (primary N) is 1. The van der Waals surface area contributed by atoms with Gasteiger partial charge in [-0.3, -0.25) is 4.79 Å². The lowest BCUT2D eigenvalue weighted by Gasteiger charge is -2.33. The minimum atomic E-state index is -1.08. The zero-order valence-electron chi connectivity index (χ0n) is 11.5. The highest BCUT2D eigenvalue weighted by molar-refractivity contribution is 7.18. The average Bonchev–Trinajstić information content (AvgIpc) is 3.15. The molecule has 21 heavy (non-hydrogen) atoms. The molecule has 2 aliphatic rings. The Morgan fingerprint density at radius 3 is 2.81 bits per heavy atom. The molecule has 1 saturated carbocycles. The molecule has 0 spiro atoms. The molecule has 1 heterocycles. The number of nitrogen functional groups attached to an aromatic ring is 1. The number of carboxylic acids is 1. The van der Waals surface area contributed by atoms with E-state index in [1.807, 2.05) is 0 Å². The average molecular weight is 304 g/mol. The third kappa shape index (κ3) is 2.22. The van der Waals surface area contributed by atoms with Crippen molar-refractivity contribution >= 4 is 28.1 Å². The summed E-state index contributed by atoms with van der Waals surface area (Å²) in [5.41, 5.74) is 5.80. The van der Waals surface area contributed by atoms with Gasteiger partial charge in [0.25, 0.3) is 0 Å². The van der Waals surface area contributed by atoms with Crippen molar-refractivity contribution in [2.24, 2.45) is 11.3 Å². The van der Waals surface area contributed by atoms with Gasteiger partial charge in [-0.05, 0) is 30.7 Å². The van der Waals surface area contributed by atoms with Gasteiger partial charge < -0.3 is 10.8 Å². The summed E-state index contributed by atoms with van der Waals surface area (Å²) in [6.45, 7) is 0. The first-order chi connectivity index (χ1) is 9.98. The summed E-state index contributed by atoms with van der Waals surface area (Å²) in [5, 5.41) is 18.6. The number of ketones is 1. The van der Waals surface area contributed by atoms with Crippen LogP contribution in [0.5, 0.6) is 0 Å². The number of fused-ring (bicyclic) bond motifs is 1. The van der Waals surface area contributed by atoms with Gasteiger partial charge in [0.05, 0.1) is 16.5 Å². The third-order valence-electron chi connectivity index (χ3n) is 4.58. The van der Waals surface area contributed by atoms with Crippen molar-refractivity contribution in [3.63, 3.8) is 0 Å². The molecular formula is C15H16N2O3S. The zero-order chi connectivity index (χ0) is 15.2. The Labute approximate surface area is 126 Å². The van der Waals surface area contributed by atoms with Gasteiger partial charge in [-0.15, -0.1) is 11.3 Å². The second-order valence-electron chi connectivity index (χ2n) is 6.05. The molecule has 0 radical (unpaired) electrons. The Kier molecular flexibility index (Phi) is 3.25. The van der Waals surface area contributed by atoms with E-state index in [1.54, 1.807) is 0 Å². The van der Waals surface area contributed by atoms with Gasteiger partial charge in [0.15, 0.2) is 5.78 Å². The molecule has 0 aliphatic heterocycles. The van der Waals surface area contributed by atoms with E-state index >= 15 is 0 Å². The summed E-state index contributed by atoms with van der Waals surface area (Å²) in [7, 11) is 0. The van der Waals surface area contributed by atoms with E-state index in [0.29, 0.717) is 29.2 Å². The van der Waals surface area contributed by atoms with Crippen molar-refractivity contribution in [2.45, 2.75) is 38.5 Å². The largest absolute Gasteiger partial charge is 0.478 e. The molecular weight excluding hydrogens is 288 g/mol. The number of carbonyl (C=O) groups excluding carboxylic acids is 1. The van der Waals surface area contributed by atoms with E-state index in [1.165, 1.54) is 0 Å². The second kappa shape index (κ2) is 4.85. The number of thiophene rings is 1. The normalized spacial score (nSPS) is 24.4. The van der Waals surface area contributed by atoms with Crippen molar-refractivity contribution in [1.29, 1.82) is 5.26 Å². The minimum Gasteiger partial charge on any atom is -0.478 e. The molecule has 0 saturated heterocycles. The lowest BCUT2D eigenvalue weighted by molar-refractivity contribution is 0.0695. The lowest BCUT2D eigenvalue weighted by Crippen LogP contribution is -2.36. The smallest absolute Gasteiger partial charge is 0.338 e. The Balaban J connectivity index is 2.03. The van der Waals surface area contributed by atoms with E-state index < -0.39 is 11.4 Å². The summed E-state index contributed by atoms with van der Waals surface area (Å²) < 4.78 is 0. The number of Topliss-reactive ketones (excluding diaryl/α,β-unsaturated/α-hetero) is 1. The van der Waals surface area contributed by atoms with E-state index in [0.717, 1.165) is 30.6 Å². The Morgan fingerprint density at radius 1 is 1.52 bits per heavy atom. The molecule has 3 rings (SSSR count). The van der Waals surface area contributed by atoms with Gasteiger partial charge in [-0.2, -0.15) is 5.26 Å². The maximum atomic E-state index is 12.9. The number of nitriles is 1. The predicted molar refractivity (Wildman–Crippen MR) is 78.3 cm³/mol. The van der Waals surface area contributed by atoms with Crippen LogP contribution in [0.1, 0.15) is 57.7 Å². The first-order valence-corrected chi connectivity index (χ1v) is 7.86. The van der Waals surface area contributed by atoms with Gasteiger partial charge in [0.1, 0.15) is 5.00 Å². The van der Waals surface area contributed by atoms with Crippen LogP contribution in [-0.4, -0.2) is 16.9 Å². The second-order valence-corrected chi connectivity index (χ2v) is 7.10. The highest BCUT2D eigenvalue weighted by atomic mass is 32.1.